The van der Waals surface area contributed by atoms with E-state index in [1.54, 1.807) is 36.4 Å². The maximum Gasteiger partial charge on any atom is 0.311 e. The highest BCUT2D eigenvalue weighted by atomic mass is 35.5. The standard InChI is InChI=1S/C22H14ClNO7/c23-20-10-14(31-24-20)3-6-21(25)29-13-2-4-15-17(9-13)30-19(22(15)26)8-12-1-5-16-18(7-12)28-11-27-16/h1-2,4-5,7-10H,3,6,11H2/b19-8-. The zero-order chi connectivity index (χ0) is 21.4. The Hall–Kier alpha value is -3.78. The fraction of sp³-hybridized carbons (Fsp3) is 0.136. The van der Waals surface area contributed by atoms with E-state index in [1.807, 2.05) is 0 Å². The molecule has 31 heavy (non-hydrogen) atoms. The fourth-order valence-corrected chi connectivity index (χ4v) is 3.35. The number of fused-ring (bicyclic) bond motifs is 2. The van der Waals surface area contributed by atoms with Gasteiger partial charge < -0.3 is 23.5 Å². The number of nitrogens with zero attached hydrogens (tertiary/aromatic N) is 1. The van der Waals surface area contributed by atoms with Crippen molar-refractivity contribution in [2.75, 3.05) is 6.79 Å². The number of hydrogen-bond donors (Lipinski definition) is 0. The number of ether oxygens (including phenoxy) is 4. The number of benzene rings is 2. The van der Waals surface area contributed by atoms with Crippen LogP contribution in [0.5, 0.6) is 23.0 Å². The number of halogens is 1. The second-order valence-electron chi connectivity index (χ2n) is 6.80. The Morgan fingerprint density at radius 1 is 1.10 bits per heavy atom. The van der Waals surface area contributed by atoms with Crippen LogP contribution in [0.3, 0.4) is 0 Å². The number of ketones is 1. The SMILES string of the molecule is O=C(CCc1cc(Cl)no1)Oc1ccc2c(c1)O/C(=C\c1ccc3c(c1)OCO3)C2=O. The zero-order valence-electron chi connectivity index (χ0n) is 15.9. The van der Waals surface area contributed by atoms with Crippen LogP contribution in [0.2, 0.25) is 5.15 Å². The minimum atomic E-state index is -0.465. The summed E-state index contributed by atoms with van der Waals surface area (Å²) in [5, 5.41) is 3.78. The van der Waals surface area contributed by atoms with Gasteiger partial charge in [0.2, 0.25) is 12.6 Å². The molecule has 2 aliphatic heterocycles. The minimum absolute atomic E-state index is 0.0810. The lowest BCUT2D eigenvalue weighted by Crippen LogP contribution is -2.08. The summed E-state index contributed by atoms with van der Waals surface area (Å²) in [4.78, 5) is 24.7. The Labute approximate surface area is 180 Å². The van der Waals surface area contributed by atoms with Crippen LogP contribution >= 0.6 is 11.6 Å². The molecule has 0 radical (unpaired) electrons. The molecule has 0 N–H and O–H groups in total. The van der Waals surface area contributed by atoms with Crippen molar-refractivity contribution >= 4 is 29.4 Å². The highest BCUT2D eigenvalue weighted by molar-refractivity contribution is 6.29. The van der Waals surface area contributed by atoms with Crippen LogP contribution in [-0.4, -0.2) is 23.7 Å². The topological polar surface area (TPSA) is 97.1 Å². The highest BCUT2D eigenvalue weighted by Gasteiger charge is 2.28. The smallest absolute Gasteiger partial charge is 0.311 e. The lowest BCUT2D eigenvalue weighted by molar-refractivity contribution is -0.134. The van der Waals surface area contributed by atoms with E-state index in [2.05, 4.69) is 5.16 Å². The average molecular weight is 440 g/mol. The highest BCUT2D eigenvalue weighted by Crippen LogP contribution is 2.37. The first-order valence-corrected chi connectivity index (χ1v) is 9.73. The number of allylic oxidation sites excluding steroid dienone is 1. The van der Waals surface area contributed by atoms with Crippen molar-refractivity contribution in [1.29, 1.82) is 0 Å². The Morgan fingerprint density at radius 2 is 1.97 bits per heavy atom. The van der Waals surface area contributed by atoms with Crippen molar-refractivity contribution in [2.24, 2.45) is 0 Å². The predicted molar refractivity (Wildman–Crippen MR) is 107 cm³/mol. The normalized spacial score (nSPS) is 15.1. The number of carbonyl (C=O) groups excluding carboxylic acids is 2. The molecule has 2 aliphatic rings. The van der Waals surface area contributed by atoms with Crippen LogP contribution < -0.4 is 18.9 Å². The van der Waals surface area contributed by atoms with Gasteiger partial charge in [0.1, 0.15) is 17.3 Å². The number of aromatic nitrogens is 1. The lowest BCUT2D eigenvalue weighted by atomic mass is 10.1. The third-order valence-electron chi connectivity index (χ3n) is 4.67. The number of carbonyl (C=O) groups is 2. The quantitative estimate of drug-likeness (QED) is 0.331. The molecule has 0 saturated carbocycles. The molecule has 9 heteroatoms. The average Bonchev–Trinajstić information content (AvgIpc) is 3.46. The van der Waals surface area contributed by atoms with Gasteiger partial charge in [0.15, 0.2) is 22.4 Å². The second kappa shape index (κ2) is 7.81. The third kappa shape index (κ3) is 3.97. The van der Waals surface area contributed by atoms with Gasteiger partial charge in [-0.2, -0.15) is 0 Å². The van der Waals surface area contributed by atoms with E-state index < -0.39 is 5.97 Å². The Bertz CT molecular complexity index is 1230. The Kier molecular flexibility index (Phi) is 4.83. The van der Waals surface area contributed by atoms with Crippen LogP contribution in [0, 0.1) is 0 Å². The molecule has 0 fully saturated rings. The summed E-state index contributed by atoms with van der Waals surface area (Å²) in [6.07, 6.45) is 2.01. The summed E-state index contributed by atoms with van der Waals surface area (Å²) in [5.74, 6) is 1.80. The fourth-order valence-electron chi connectivity index (χ4n) is 3.20. The van der Waals surface area contributed by atoms with E-state index in [1.165, 1.54) is 12.1 Å². The molecular weight excluding hydrogens is 426 g/mol. The number of aryl methyl sites for hydroxylation is 1. The van der Waals surface area contributed by atoms with Gasteiger partial charge in [-0.25, -0.2) is 0 Å². The van der Waals surface area contributed by atoms with Gasteiger partial charge in [-0.05, 0) is 35.9 Å². The molecule has 0 unspecified atom stereocenters. The molecule has 2 aromatic carbocycles. The van der Waals surface area contributed by atoms with Crippen molar-refractivity contribution in [3.63, 3.8) is 0 Å². The molecule has 0 spiro atoms. The van der Waals surface area contributed by atoms with E-state index in [0.717, 1.165) is 5.56 Å². The van der Waals surface area contributed by atoms with Crippen molar-refractivity contribution in [3.05, 3.63) is 70.3 Å². The van der Waals surface area contributed by atoms with Crippen molar-refractivity contribution < 1.29 is 33.1 Å². The summed E-state index contributed by atoms with van der Waals surface area (Å²) in [6, 6.07) is 11.5. The summed E-state index contributed by atoms with van der Waals surface area (Å²) < 4.78 is 26.6. The largest absolute Gasteiger partial charge is 0.454 e. The zero-order valence-corrected chi connectivity index (χ0v) is 16.7. The van der Waals surface area contributed by atoms with Crippen LogP contribution in [0.25, 0.3) is 6.08 Å². The molecule has 0 amide bonds. The van der Waals surface area contributed by atoms with E-state index >= 15 is 0 Å². The van der Waals surface area contributed by atoms with E-state index in [0.29, 0.717) is 35.0 Å². The molecule has 156 valence electrons. The minimum Gasteiger partial charge on any atom is -0.454 e. The van der Waals surface area contributed by atoms with Gasteiger partial charge in [-0.15, -0.1) is 0 Å². The van der Waals surface area contributed by atoms with Crippen molar-refractivity contribution in [1.82, 2.24) is 5.16 Å². The predicted octanol–water partition coefficient (Wildman–Crippen LogP) is 4.21. The molecule has 0 atom stereocenters. The van der Waals surface area contributed by atoms with Gasteiger partial charge in [0.25, 0.3) is 0 Å². The van der Waals surface area contributed by atoms with Gasteiger partial charge in [0.05, 0.1) is 12.0 Å². The number of esters is 1. The Morgan fingerprint density at radius 3 is 2.81 bits per heavy atom. The number of hydrogen-bond acceptors (Lipinski definition) is 8. The molecular formula is C22H14ClNO7. The molecule has 5 rings (SSSR count). The van der Waals surface area contributed by atoms with Gasteiger partial charge in [0, 0.05) is 18.6 Å². The molecule has 0 saturated heterocycles. The first-order valence-electron chi connectivity index (χ1n) is 9.35. The number of Topliss-reactive ketones (excluding diaryl/α,β-unsaturated/α-hetero) is 1. The molecule has 3 aromatic rings. The van der Waals surface area contributed by atoms with E-state index in [9.17, 15) is 9.59 Å². The molecule has 3 heterocycles. The van der Waals surface area contributed by atoms with E-state index in [-0.39, 0.29) is 35.7 Å². The molecule has 1 aromatic heterocycles. The number of rotatable bonds is 5. The summed E-state index contributed by atoms with van der Waals surface area (Å²) in [5.41, 5.74) is 1.13. The van der Waals surface area contributed by atoms with Crippen LogP contribution in [0.4, 0.5) is 0 Å². The Balaban J connectivity index is 1.27. The van der Waals surface area contributed by atoms with Crippen LogP contribution in [0.15, 0.2) is 52.7 Å². The van der Waals surface area contributed by atoms with Gasteiger partial charge in [-0.3, -0.25) is 9.59 Å². The second-order valence-corrected chi connectivity index (χ2v) is 7.19. The summed E-state index contributed by atoms with van der Waals surface area (Å²) in [6.45, 7) is 0.171. The van der Waals surface area contributed by atoms with Crippen molar-refractivity contribution in [3.8, 4) is 23.0 Å². The maximum absolute atomic E-state index is 12.6. The first kappa shape index (κ1) is 19.2. The summed E-state index contributed by atoms with van der Waals surface area (Å²) >= 11 is 5.68. The van der Waals surface area contributed by atoms with Crippen molar-refractivity contribution in [2.45, 2.75) is 12.8 Å². The molecule has 0 bridgehead atoms. The monoisotopic (exact) mass is 439 g/mol. The van der Waals surface area contributed by atoms with Gasteiger partial charge >= 0.3 is 5.97 Å². The third-order valence-corrected chi connectivity index (χ3v) is 4.85. The van der Waals surface area contributed by atoms with Crippen LogP contribution in [-0.2, 0) is 11.2 Å². The first-order chi connectivity index (χ1) is 15.0. The molecule has 8 nitrogen and oxygen atoms in total. The van der Waals surface area contributed by atoms with Crippen LogP contribution in [0.1, 0.15) is 28.1 Å². The molecule has 0 aliphatic carbocycles. The van der Waals surface area contributed by atoms with Gasteiger partial charge in [-0.1, -0.05) is 22.8 Å². The summed E-state index contributed by atoms with van der Waals surface area (Å²) in [7, 11) is 0. The van der Waals surface area contributed by atoms with E-state index in [4.69, 9.17) is 35.1 Å². The maximum atomic E-state index is 12.6. The lowest BCUT2D eigenvalue weighted by Gasteiger charge is -2.05.